The van der Waals surface area contributed by atoms with Gasteiger partial charge < -0.3 is 4.74 Å². The topological polar surface area (TPSA) is 43.4 Å². The summed E-state index contributed by atoms with van der Waals surface area (Å²) < 4.78 is 5.08. The van der Waals surface area contributed by atoms with Crippen LogP contribution in [0.4, 0.5) is 0 Å². The summed E-state index contributed by atoms with van der Waals surface area (Å²) in [6.45, 7) is 1.41. The second-order valence-electron chi connectivity index (χ2n) is 2.59. The molecular formula is C10H9O3. The maximum Gasteiger partial charge on any atom is 0.237 e. The molecule has 1 radical (unpaired) electrons. The predicted molar refractivity (Wildman–Crippen MR) is 47.4 cm³/mol. The van der Waals surface area contributed by atoms with Crippen LogP contribution >= 0.6 is 0 Å². The van der Waals surface area contributed by atoms with E-state index in [1.165, 1.54) is 6.92 Å². The number of carbonyl (C=O) groups is 1. The van der Waals surface area contributed by atoms with Gasteiger partial charge in [-0.05, 0) is 19.1 Å². The maximum absolute atomic E-state index is 10.6. The number of hydrogen-bond donors (Lipinski definition) is 0. The number of rotatable bonds is 4. The molecule has 0 aliphatic carbocycles. The zero-order chi connectivity index (χ0) is 9.68. The molecule has 3 heteroatoms. The maximum atomic E-state index is 10.6. The molecule has 0 spiro atoms. The molecule has 0 fully saturated rings. The molecule has 0 atom stereocenters. The van der Waals surface area contributed by atoms with E-state index in [0.29, 0.717) is 11.3 Å². The van der Waals surface area contributed by atoms with Crippen molar-refractivity contribution in [2.75, 3.05) is 6.61 Å². The van der Waals surface area contributed by atoms with E-state index in [-0.39, 0.29) is 12.4 Å². The average Bonchev–Trinajstić information content (AvgIpc) is 2.15. The average molecular weight is 177 g/mol. The smallest absolute Gasteiger partial charge is 0.237 e. The van der Waals surface area contributed by atoms with E-state index in [0.717, 1.165) is 0 Å². The fourth-order valence-electron chi connectivity index (χ4n) is 0.856. The molecule has 0 saturated carbocycles. The van der Waals surface area contributed by atoms with Gasteiger partial charge in [-0.25, -0.2) is 0 Å². The molecular weight excluding hydrogens is 168 g/mol. The van der Waals surface area contributed by atoms with Gasteiger partial charge in [0.05, 0.1) is 5.56 Å². The number of Topliss-reactive ketones (excluding diaryl/α,β-unsaturated/α-hetero) is 1. The van der Waals surface area contributed by atoms with Gasteiger partial charge in [-0.1, -0.05) is 12.1 Å². The van der Waals surface area contributed by atoms with E-state index >= 15 is 0 Å². The van der Waals surface area contributed by atoms with Gasteiger partial charge in [-0.3, -0.25) is 9.59 Å². The van der Waals surface area contributed by atoms with Crippen LogP contribution in [-0.4, -0.2) is 18.7 Å². The lowest BCUT2D eigenvalue weighted by atomic mass is 10.2. The summed E-state index contributed by atoms with van der Waals surface area (Å²) in [5.41, 5.74) is 0.337. The molecule has 0 amide bonds. The highest BCUT2D eigenvalue weighted by atomic mass is 16.5. The monoisotopic (exact) mass is 177 g/mol. The number of para-hydroxylation sites is 1. The summed E-state index contributed by atoms with van der Waals surface area (Å²) in [5.74, 6) is 0.313. The summed E-state index contributed by atoms with van der Waals surface area (Å²) in [6, 6.07) is 6.66. The predicted octanol–water partition coefficient (Wildman–Crippen LogP) is 1.11. The Balaban J connectivity index is 2.75. The van der Waals surface area contributed by atoms with E-state index in [9.17, 15) is 9.59 Å². The third-order valence-electron chi connectivity index (χ3n) is 1.43. The van der Waals surface area contributed by atoms with Crippen LogP contribution in [-0.2, 0) is 9.59 Å². The van der Waals surface area contributed by atoms with Crippen molar-refractivity contribution >= 4 is 12.1 Å². The van der Waals surface area contributed by atoms with E-state index in [4.69, 9.17) is 4.74 Å². The van der Waals surface area contributed by atoms with E-state index < -0.39 is 0 Å². The zero-order valence-corrected chi connectivity index (χ0v) is 7.24. The van der Waals surface area contributed by atoms with Crippen LogP contribution in [0.2, 0.25) is 0 Å². The third kappa shape index (κ3) is 2.71. The highest BCUT2D eigenvalue weighted by Gasteiger charge is 2.02. The van der Waals surface area contributed by atoms with E-state index in [2.05, 4.69) is 0 Å². The minimum absolute atomic E-state index is 0.0152. The highest BCUT2D eigenvalue weighted by Crippen LogP contribution is 2.14. The van der Waals surface area contributed by atoms with Crippen molar-refractivity contribution < 1.29 is 14.3 Å². The molecule has 0 saturated heterocycles. The minimum Gasteiger partial charge on any atom is -0.485 e. The highest BCUT2D eigenvalue weighted by molar-refractivity contribution is 5.80. The summed E-state index contributed by atoms with van der Waals surface area (Å²) in [7, 11) is 0. The third-order valence-corrected chi connectivity index (χ3v) is 1.43. The Morgan fingerprint density at radius 3 is 2.77 bits per heavy atom. The van der Waals surface area contributed by atoms with Crippen molar-refractivity contribution in [1.29, 1.82) is 0 Å². The van der Waals surface area contributed by atoms with Crippen molar-refractivity contribution in [1.82, 2.24) is 0 Å². The quantitative estimate of drug-likeness (QED) is 0.692. The number of hydrogen-bond acceptors (Lipinski definition) is 3. The van der Waals surface area contributed by atoms with Crippen LogP contribution in [0.1, 0.15) is 12.5 Å². The fraction of sp³-hybridized carbons (Fsp3) is 0.200. The number of benzene rings is 1. The standard InChI is InChI=1S/C10H9O3/c1-8(12)7-13-10-5-3-2-4-9(10)6-11/h2-5H,7H2,1H3. The van der Waals surface area contributed by atoms with Crippen molar-refractivity contribution in [3.05, 3.63) is 29.8 Å². The van der Waals surface area contributed by atoms with Crippen molar-refractivity contribution in [3.63, 3.8) is 0 Å². The van der Waals surface area contributed by atoms with E-state index in [1.807, 2.05) is 0 Å². The Morgan fingerprint density at radius 1 is 1.46 bits per heavy atom. The first kappa shape index (κ1) is 9.45. The molecule has 1 aromatic rings. The second kappa shape index (κ2) is 4.40. The molecule has 67 valence electrons. The lowest BCUT2D eigenvalue weighted by Gasteiger charge is -2.04. The molecule has 0 bridgehead atoms. The first-order valence-electron chi connectivity index (χ1n) is 3.83. The Kier molecular flexibility index (Phi) is 3.20. The van der Waals surface area contributed by atoms with Gasteiger partial charge in [-0.2, -0.15) is 0 Å². The van der Waals surface area contributed by atoms with Gasteiger partial charge in [0.2, 0.25) is 6.29 Å². The lowest BCUT2D eigenvalue weighted by Crippen LogP contribution is -2.07. The Bertz CT molecular complexity index is 318. The Morgan fingerprint density at radius 2 is 2.15 bits per heavy atom. The van der Waals surface area contributed by atoms with Gasteiger partial charge in [0.1, 0.15) is 12.4 Å². The summed E-state index contributed by atoms with van der Waals surface area (Å²) in [4.78, 5) is 21.0. The van der Waals surface area contributed by atoms with E-state index in [1.54, 1.807) is 30.6 Å². The summed E-state index contributed by atoms with van der Waals surface area (Å²) >= 11 is 0. The summed E-state index contributed by atoms with van der Waals surface area (Å²) in [5, 5.41) is 0. The first-order valence-corrected chi connectivity index (χ1v) is 3.83. The van der Waals surface area contributed by atoms with Gasteiger partial charge in [0, 0.05) is 0 Å². The molecule has 0 unspecified atom stereocenters. The van der Waals surface area contributed by atoms with Crippen molar-refractivity contribution in [2.24, 2.45) is 0 Å². The second-order valence-corrected chi connectivity index (χ2v) is 2.59. The van der Waals surface area contributed by atoms with Gasteiger partial charge in [0.15, 0.2) is 5.78 Å². The molecule has 1 aromatic carbocycles. The normalized spacial score (nSPS) is 9.31. The SMILES string of the molecule is CC(=O)COc1ccccc1[C]=O. The largest absolute Gasteiger partial charge is 0.485 e. The summed E-state index contributed by atoms with van der Waals surface area (Å²) in [6.07, 6.45) is 1.73. The zero-order valence-electron chi connectivity index (χ0n) is 7.24. The van der Waals surface area contributed by atoms with Crippen molar-refractivity contribution in [3.8, 4) is 5.75 Å². The van der Waals surface area contributed by atoms with Crippen LogP contribution < -0.4 is 4.74 Å². The molecule has 0 heterocycles. The van der Waals surface area contributed by atoms with Gasteiger partial charge in [-0.15, -0.1) is 0 Å². The number of ether oxygens (including phenoxy) is 1. The molecule has 13 heavy (non-hydrogen) atoms. The first-order chi connectivity index (χ1) is 6.24. The Labute approximate surface area is 76.3 Å². The van der Waals surface area contributed by atoms with Gasteiger partial charge in [0.25, 0.3) is 0 Å². The number of carbonyl (C=O) groups excluding carboxylic acids is 2. The van der Waals surface area contributed by atoms with Crippen LogP contribution in [0.25, 0.3) is 0 Å². The van der Waals surface area contributed by atoms with Crippen LogP contribution in [0.15, 0.2) is 24.3 Å². The van der Waals surface area contributed by atoms with Crippen molar-refractivity contribution in [2.45, 2.75) is 6.92 Å². The molecule has 1 rings (SSSR count). The molecule has 0 aliphatic rings. The molecule has 0 aliphatic heterocycles. The van der Waals surface area contributed by atoms with Crippen LogP contribution in [0.3, 0.4) is 0 Å². The Hall–Kier alpha value is -1.64. The molecule has 0 N–H and O–H groups in total. The molecule has 3 nitrogen and oxygen atoms in total. The number of ketones is 1. The van der Waals surface area contributed by atoms with Gasteiger partial charge >= 0.3 is 0 Å². The van der Waals surface area contributed by atoms with Crippen LogP contribution in [0.5, 0.6) is 5.75 Å². The van der Waals surface area contributed by atoms with Crippen LogP contribution in [0, 0.1) is 0 Å². The minimum atomic E-state index is -0.0827. The lowest BCUT2D eigenvalue weighted by molar-refractivity contribution is -0.118. The fourth-order valence-corrected chi connectivity index (χ4v) is 0.856. The molecule has 0 aromatic heterocycles.